The molecule has 0 aliphatic rings. The summed E-state index contributed by atoms with van der Waals surface area (Å²) in [6.07, 6.45) is 0. The Bertz CT molecular complexity index is 686. The molecule has 0 fully saturated rings. The zero-order valence-electron chi connectivity index (χ0n) is 13.6. The smallest absolute Gasteiger partial charge is 0.0619 e. The van der Waals surface area contributed by atoms with Crippen molar-refractivity contribution in [2.75, 3.05) is 0 Å². The zero-order valence-corrected chi connectivity index (χ0v) is 17.6. The fourth-order valence-corrected chi connectivity index (χ4v) is 3.35. The molecule has 1 unspecified atom stereocenters. The first-order chi connectivity index (χ1) is 12.0. The summed E-state index contributed by atoms with van der Waals surface area (Å²) in [6.45, 7) is -1.65. The molecule has 0 aliphatic carbocycles. The van der Waals surface area contributed by atoms with E-state index in [0.717, 1.165) is 0 Å². The fourth-order valence-electron chi connectivity index (χ4n) is 1.08. The molecule has 0 radical (unpaired) electrons. The summed E-state index contributed by atoms with van der Waals surface area (Å²) >= 11 is -1.53. The van der Waals surface area contributed by atoms with Gasteiger partial charge in [-0.3, -0.25) is 0 Å². The van der Waals surface area contributed by atoms with Crippen molar-refractivity contribution in [3.8, 4) is 0 Å². The van der Waals surface area contributed by atoms with Gasteiger partial charge in [-0.1, -0.05) is 36.4 Å². The monoisotopic (exact) mass is 612 g/mol. The molecule has 0 heterocycles. The SMILES string of the molecule is O=S(=O)([O-])C(F)(F)F.[2H]P([3H])[I-]F.c1ccc([I+]c2ccccc2)cc1. The number of alkyl halides is 3. The van der Waals surface area contributed by atoms with Crippen LogP contribution in [0.4, 0.5) is 16.0 Å². The van der Waals surface area contributed by atoms with Crippen LogP contribution in [-0.2, 0) is 10.1 Å². The Kier molecular flexibility index (Phi) is 10.4. The molecule has 3 nitrogen and oxygen atoms in total. The Balaban J connectivity index is 0.000000414. The molecule has 1 atom stereocenters. The second-order valence-corrected chi connectivity index (χ2v) is 9.27. The number of benzene rings is 2. The fraction of sp³-hybridized carbons (Fsp3) is 0.0769. The van der Waals surface area contributed by atoms with E-state index < -0.39 is 43.6 Å². The van der Waals surface area contributed by atoms with Gasteiger partial charge in [-0.05, 0) is 24.3 Å². The Morgan fingerprint density at radius 3 is 1.58 bits per heavy atom. The minimum atomic E-state index is -6.09. The summed E-state index contributed by atoms with van der Waals surface area (Å²) in [6, 6.07) is 21.4. The van der Waals surface area contributed by atoms with Crippen molar-refractivity contribution in [3.05, 3.63) is 67.8 Å². The van der Waals surface area contributed by atoms with Gasteiger partial charge in [0.15, 0.2) is 17.3 Å². The van der Waals surface area contributed by atoms with Crippen LogP contribution < -0.4 is 42.4 Å². The Hall–Kier alpha value is -0.0400. The maximum absolute atomic E-state index is 10.9. The first kappa shape index (κ1) is 20.3. The van der Waals surface area contributed by atoms with Gasteiger partial charge in [-0.2, -0.15) is 13.2 Å². The van der Waals surface area contributed by atoms with E-state index in [1.165, 1.54) is 7.14 Å². The molecule has 0 spiro atoms. The van der Waals surface area contributed by atoms with Gasteiger partial charge in [0.1, 0.15) is 0 Å². The molecule has 24 heavy (non-hydrogen) atoms. The maximum Gasteiger partial charge on any atom is 0.357 e. The van der Waals surface area contributed by atoms with Crippen LogP contribution >= 0.6 is 6.77 Å². The van der Waals surface area contributed by atoms with Gasteiger partial charge in [0.2, 0.25) is 0 Å². The largest absolute Gasteiger partial charge is 0.357 e. The molecule has 11 heteroatoms. The molecule has 0 aliphatic heterocycles. The zero-order chi connectivity index (χ0) is 20.2. The second kappa shape index (κ2) is 12.3. The molecule has 2 rings (SSSR count). The first-order valence-electron chi connectivity index (χ1n) is 6.68. The third kappa shape index (κ3) is 11.5. The molecule has 2 aromatic carbocycles. The minimum Gasteiger partial charge on any atom is -0.0619 e. The average Bonchev–Trinajstić information content (AvgIpc) is 2.56. The Morgan fingerprint density at radius 2 is 1.38 bits per heavy atom. The van der Waals surface area contributed by atoms with Crippen LogP contribution in [-0.4, -0.2) is 21.0 Å². The number of hydrogen-bond acceptors (Lipinski definition) is 3. The van der Waals surface area contributed by atoms with E-state index in [4.69, 9.17) is 15.5 Å². The normalized spacial score (nSPS) is 13.4. The number of rotatable bonds is 3. The standard InChI is InChI=1S/C12H10I.CHF3O3S.FH2IP/c1-3-7-11(8-4-1)13-12-9-5-2-6-10-12;2-1(3,4)8(5,6)7;1-2-3/h1-10H;(H,5,6,7);3H2/q+1;;-1/p-1/i;;3TD. The van der Waals surface area contributed by atoms with E-state index in [1.807, 2.05) is 0 Å². The van der Waals surface area contributed by atoms with Crippen molar-refractivity contribution in [2.24, 2.45) is 0 Å². The summed E-state index contributed by atoms with van der Waals surface area (Å²) in [5.74, 6) is 0. The summed E-state index contributed by atoms with van der Waals surface area (Å²) in [5.41, 5.74) is -5.65. The van der Waals surface area contributed by atoms with Gasteiger partial charge in [0.05, 0.1) is 0 Å². The van der Waals surface area contributed by atoms with E-state index >= 15 is 0 Å². The number of hydrogen-bond donors (Lipinski definition) is 0. The summed E-state index contributed by atoms with van der Waals surface area (Å²) in [7, 11) is -6.09. The van der Waals surface area contributed by atoms with Gasteiger partial charge in [0.25, 0.3) is 0 Å². The molecular formula is C13H12F4I2O3PS-. The van der Waals surface area contributed by atoms with Crippen LogP contribution in [0, 0.1) is 7.14 Å². The predicted octanol–water partition coefficient (Wildman–Crippen LogP) is -2.38. The maximum atomic E-state index is 10.9. The van der Waals surface area contributed by atoms with Crippen molar-refractivity contribution in [1.82, 2.24) is 0 Å². The molecule has 136 valence electrons. The first-order valence-corrected chi connectivity index (χ1v) is 13.4. The molecule has 0 bridgehead atoms. The van der Waals surface area contributed by atoms with E-state index in [-0.39, 0.29) is 21.2 Å². The molecule has 0 saturated carbocycles. The van der Waals surface area contributed by atoms with Gasteiger partial charge in [0, 0.05) is 0 Å². The third-order valence-corrected chi connectivity index (χ3v) is 5.22. The van der Waals surface area contributed by atoms with Gasteiger partial charge >= 0.3 is 60.1 Å². The van der Waals surface area contributed by atoms with E-state index in [9.17, 15) is 16.0 Å². The van der Waals surface area contributed by atoms with Crippen molar-refractivity contribution in [2.45, 2.75) is 5.51 Å². The quantitative estimate of drug-likeness (QED) is 0.128. The van der Waals surface area contributed by atoms with Gasteiger partial charge in [-0.25, -0.2) is 8.42 Å². The van der Waals surface area contributed by atoms with Crippen molar-refractivity contribution in [1.29, 1.82) is 2.56 Å². The van der Waals surface area contributed by atoms with Crippen LogP contribution in [0.25, 0.3) is 0 Å². The van der Waals surface area contributed by atoms with E-state index in [2.05, 4.69) is 60.7 Å². The van der Waals surface area contributed by atoms with Gasteiger partial charge < -0.3 is 4.55 Å². The van der Waals surface area contributed by atoms with Crippen LogP contribution in [0.3, 0.4) is 0 Å². The molecular weight excluding hydrogens is 597 g/mol. The molecule has 0 saturated heterocycles. The van der Waals surface area contributed by atoms with Crippen molar-refractivity contribution in [3.63, 3.8) is 0 Å². The average molecular weight is 612 g/mol. The van der Waals surface area contributed by atoms with Crippen LogP contribution in [0.2, 0.25) is 0 Å². The molecule has 0 N–H and O–H groups in total. The minimum absolute atomic E-state index is 0.0287. The predicted molar refractivity (Wildman–Crippen MR) is 76.8 cm³/mol. The Morgan fingerprint density at radius 1 is 1.08 bits per heavy atom. The molecule has 2 aromatic rings. The van der Waals surface area contributed by atoms with Crippen LogP contribution in [0.5, 0.6) is 0 Å². The van der Waals surface area contributed by atoms with Crippen molar-refractivity contribution < 1.29 is 71.4 Å². The summed E-state index contributed by atoms with van der Waals surface area (Å²) in [4.78, 5) is 0. The Labute approximate surface area is 163 Å². The summed E-state index contributed by atoms with van der Waals surface area (Å²) in [5, 5.41) is 0. The van der Waals surface area contributed by atoms with Crippen molar-refractivity contribution >= 4 is 16.9 Å². The van der Waals surface area contributed by atoms with Crippen LogP contribution in [0.1, 0.15) is 0 Å². The van der Waals surface area contributed by atoms with Crippen LogP contribution in [0.15, 0.2) is 60.7 Å². The van der Waals surface area contributed by atoms with E-state index in [0.29, 0.717) is 0 Å². The van der Waals surface area contributed by atoms with Gasteiger partial charge in [-0.15, -0.1) is 0 Å². The topological polar surface area (TPSA) is 57.2 Å². The third-order valence-electron chi connectivity index (χ3n) is 1.97. The number of halogens is 6. The molecule has 0 aromatic heterocycles. The summed E-state index contributed by atoms with van der Waals surface area (Å²) < 4.78 is 85.2. The van der Waals surface area contributed by atoms with E-state index in [1.54, 1.807) is 0 Å². The molecule has 0 amide bonds. The second-order valence-electron chi connectivity index (χ2n) is 3.65.